The van der Waals surface area contributed by atoms with Gasteiger partial charge in [-0.15, -0.1) is 0 Å². The average Bonchev–Trinajstić information content (AvgIpc) is 2.36. The van der Waals surface area contributed by atoms with Gasteiger partial charge in [-0.2, -0.15) is 0 Å². The second-order valence-corrected chi connectivity index (χ2v) is 4.14. The Hall–Kier alpha value is -2.31. The quantitative estimate of drug-likeness (QED) is 0.310. The molecule has 0 saturated carbocycles. The first kappa shape index (κ1) is 13.8. The van der Waals surface area contributed by atoms with Crippen molar-refractivity contribution in [2.24, 2.45) is 10.9 Å². The molecule has 18 heavy (non-hydrogen) atoms. The van der Waals surface area contributed by atoms with E-state index in [1.165, 1.54) is 25.6 Å². The summed E-state index contributed by atoms with van der Waals surface area (Å²) in [5.41, 5.74) is 4.84. The Morgan fingerprint density at radius 1 is 1.61 bits per heavy atom. The van der Waals surface area contributed by atoms with Crippen LogP contribution in [0.2, 0.25) is 0 Å². The van der Waals surface area contributed by atoms with E-state index in [1.54, 1.807) is 13.8 Å². The third-order valence-electron chi connectivity index (χ3n) is 2.42. The van der Waals surface area contributed by atoms with Gasteiger partial charge < -0.3 is 21.0 Å². The number of amidine groups is 1. The van der Waals surface area contributed by atoms with Crippen LogP contribution in [-0.2, 0) is 0 Å². The molecule has 0 aromatic carbocycles. The van der Waals surface area contributed by atoms with Crippen molar-refractivity contribution in [2.45, 2.75) is 19.4 Å². The number of hydrogen-bond acceptors (Lipinski definition) is 5. The van der Waals surface area contributed by atoms with Crippen LogP contribution in [-0.4, -0.2) is 34.6 Å². The van der Waals surface area contributed by atoms with Gasteiger partial charge in [0.2, 0.25) is 0 Å². The van der Waals surface area contributed by atoms with Gasteiger partial charge >= 0.3 is 0 Å². The highest BCUT2D eigenvalue weighted by Crippen LogP contribution is 2.16. The molecule has 0 aliphatic carbocycles. The predicted octanol–water partition coefficient (Wildman–Crippen LogP) is 0.345. The lowest BCUT2D eigenvalue weighted by Gasteiger charge is -2.24. The fourth-order valence-corrected chi connectivity index (χ4v) is 1.27. The highest BCUT2D eigenvalue weighted by molar-refractivity contribution is 6.01. The Kier molecular flexibility index (Phi) is 4.09. The van der Waals surface area contributed by atoms with E-state index in [2.05, 4.69) is 15.5 Å². The van der Waals surface area contributed by atoms with Gasteiger partial charge in [0.15, 0.2) is 5.84 Å². The number of oxime groups is 1. The van der Waals surface area contributed by atoms with Crippen LogP contribution in [0.4, 0.5) is 0 Å². The van der Waals surface area contributed by atoms with Crippen LogP contribution < -0.4 is 15.8 Å². The summed E-state index contributed by atoms with van der Waals surface area (Å²) in [6.07, 6.45) is 2.92. The third kappa shape index (κ3) is 2.88. The van der Waals surface area contributed by atoms with Gasteiger partial charge in [0.05, 0.1) is 24.4 Å². The number of ether oxygens (including phenoxy) is 1. The van der Waals surface area contributed by atoms with E-state index in [0.29, 0.717) is 11.3 Å². The van der Waals surface area contributed by atoms with E-state index >= 15 is 0 Å². The maximum Gasteiger partial charge on any atom is 0.255 e. The van der Waals surface area contributed by atoms with Gasteiger partial charge in [-0.3, -0.25) is 9.78 Å². The number of aromatic nitrogens is 1. The van der Waals surface area contributed by atoms with E-state index in [9.17, 15) is 4.79 Å². The maximum atomic E-state index is 12.0. The van der Waals surface area contributed by atoms with Gasteiger partial charge in [0.1, 0.15) is 5.75 Å². The number of rotatable bonds is 4. The number of carbonyl (C=O) groups is 1. The molecule has 0 aliphatic rings. The van der Waals surface area contributed by atoms with Crippen LogP contribution in [0.25, 0.3) is 0 Å². The summed E-state index contributed by atoms with van der Waals surface area (Å²) in [4.78, 5) is 15.9. The largest absolute Gasteiger partial charge is 0.494 e. The molecule has 7 nitrogen and oxygen atoms in total. The average molecular weight is 252 g/mol. The van der Waals surface area contributed by atoms with Crippen molar-refractivity contribution in [3.05, 3.63) is 24.0 Å². The summed E-state index contributed by atoms with van der Waals surface area (Å²) < 4.78 is 5.03. The van der Waals surface area contributed by atoms with Crippen molar-refractivity contribution in [3.8, 4) is 5.75 Å². The third-order valence-corrected chi connectivity index (χ3v) is 2.42. The molecule has 7 heteroatoms. The molecule has 0 atom stereocenters. The molecule has 0 bridgehead atoms. The number of nitrogens with zero attached hydrogens (tertiary/aromatic N) is 2. The van der Waals surface area contributed by atoms with Crippen LogP contribution in [0.5, 0.6) is 5.75 Å². The smallest absolute Gasteiger partial charge is 0.255 e. The summed E-state index contributed by atoms with van der Waals surface area (Å²) in [6, 6.07) is 1.52. The lowest BCUT2D eigenvalue weighted by Crippen LogP contribution is -2.53. The van der Waals surface area contributed by atoms with E-state index in [4.69, 9.17) is 15.7 Å². The number of nitrogens with one attached hydrogen (secondary N) is 1. The van der Waals surface area contributed by atoms with Crippen LogP contribution in [0.3, 0.4) is 0 Å². The van der Waals surface area contributed by atoms with Crippen molar-refractivity contribution < 1.29 is 14.7 Å². The van der Waals surface area contributed by atoms with Crippen molar-refractivity contribution >= 4 is 11.7 Å². The Bertz CT molecular complexity index is 471. The highest BCUT2D eigenvalue weighted by atomic mass is 16.5. The molecule has 1 amide bonds. The number of amides is 1. The second-order valence-electron chi connectivity index (χ2n) is 4.14. The summed E-state index contributed by atoms with van der Waals surface area (Å²) in [7, 11) is 1.45. The fourth-order valence-electron chi connectivity index (χ4n) is 1.27. The first-order valence-electron chi connectivity index (χ1n) is 5.21. The van der Waals surface area contributed by atoms with Gasteiger partial charge in [-0.25, -0.2) is 0 Å². The van der Waals surface area contributed by atoms with Crippen LogP contribution in [0.15, 0.2) is 23.6 Å². The lowest BCUT2D eigenvalue weighted by molar-refractivity contribution is 0.0927. The first-order valence-corrected chi connectivity index (χ1v) is 5.21. The van der Waals surface area contributed by atoms with E-state index in [0.717, 1.165) is 0 Å². The Morgan fingerprint density at radius 2 is 2.28 bits per heavy atom. The molecule has 0 spiro atoms. The topological polar surface area (TPSA) is 110 Å². The Balaban J connectivity index is 2.96. The molecular weight excluding hydrogens is 236 g/mol. The maximum absolute atomic E-state index is 12.0. The minimum atomic E-state index is -0.972. The van der Waals surface area contributed by atoms with E-state index in [-0.39, 0.29) is 5.84 Å². The fraction of sp³-hybridized carbons (Fsp3) is 0.364. The summed E-state index contributed by atoms with van der Waals surface area (Å²) in [6.45, 7) is 3.24. The molecule has 1 aromatic heterocycles. The lowest BCUT2D eigenvalue weighted by atomic mass is 10.0. The molecule has 1 heterocycles. The molecule has 0 radical (unpaired) electrons. The first-order chi connectivity index (χ1) is 8.42. The number of hydrogen-bond donors (Lipinski definition) is 3. The number of nitrogens with two attached hydrogens (primary N) is 1. The zero-order valence-electron chi connectivity index (χ0n) is 10.5. The molecule has 1 aromatic rings. The summed E-state index contributed by atoms with van der Waals surface area (Å²) in [5, 5.41) is 14.2. The Labute approximate surface area is 105 Å². The molecule has 0 fully saturated rings. The standard InChI is InChI=1S/C11H16N4O3/c1-11(2,10(12)15-17)14-9(16)7-4-5-13-6-8(7)18-3/h4-6,17H,1-3H3,(H2,12,15)(H,14,16). The van der Waals surface area contributed by atoms with E-state index in [1.807, 2.05) is 0 Å². The molecule has 4 N–H and O–H groups in total. The molecule has 0 aliphatic heterocycles. The predicted molar refractivity (Wildman–Crippen MR) is 65.7 cm³/mol. The Morgan fingerprint density at radius 3 is 2.83 bits per heavy atom. The number of carbonyl (C=O) groups excluding carboxylic acids is 1. The van der Waals surface area contributed by atoms with E-state index < -0.39 is 11.4 Å². The van der Waals surface area contributed by atoms with Crippen molar-refractivity contribution in [3.63, 3.8) is 0 Å². The van der Waals surface area contributed by atoms with Crippen molar-refractivity contribution in [1.82, 2.24) is 10.3 Å². The highest BCUT2D eigenvalue weighted by Gasteiger charge is 2.27. The molecule has 1 rings (SSSR count). The normalized spacial score (nSPS) is 12.1. The SMILES string of the molecule is COc1cnccc1C(=O)NC(C)(C)/C(N)=N/O. The zero-order chi connectivity index (χ0) is 13.8. The molecule has 0 saturated heterocycles. The molecular formula is C11H16N4O3. The number of pyridine rings is 1. The van der Waals surface area contributed by atoms with Crippen molar-refractivity contribution in [2.75, 3.05) is 7.11 Å². The van der Waals surface area contributed by atoms with Gasteiger partial charge in [0, 0.05) is 6.20 Å². The number of methoxy groups -OCH3 is 1. The van der Waals surface area contributed by atoms with Gasteiger partial charge in [0.25, 0.3) is 5.91 Å². The van der Waals surface area contributed by atoms with Gasteiger partial charge in [-0.1, -0.05) is 5.16 Å². The van der Waals surface area contributed by atoms with Crippen LogP contribution in [0, 0.1) is 0 Å². The van der Waals surface area contributed by atoms with Crippen molar-refractivity contribution in [1.29, 1.82) is 0 Å². The van der Waals surface area contributed by atoms with Gasteiger partial charge in [-0.05, 0) is 19.9 Å². The minimum Gasteiger partial charge on any atom is -0.494 e. The molecule has 0 unspecified atom stereocenters. The van der Waals surface area contributed by atoms with Crippen LogP contribution in [0.1, 0.15) is 24.2 Å². The zero-order valence-corrected chi connectivity index (χ0v) is 10.5. The summed E-state index contributed by atoms with van der Waals surface area (Å²) >= 11 is 0. The van der Waals surface area contributed by atoms with Crippen LogP contribution >= 0.6 is 0 Å². The second kappa shape index (κ2) is 5.35. The minimum absolute atomic E-state index is 0.0936. The summed E-state index contributed by atoms with van der Waals surface area (Å²) in [5.74, 6) is -0.139. The molecule has 98 valence electrons. The monoisotopic (exact) mass is 252 g/mol.